The molecule has 4 nitrogen and oxygen atoms in total. The van der Waals surface area contributed by atoms with Crippen molar-refractivity contribution in [1.82, 2.24) is 4.90 Å². The highest BCUT2D eigenvalue weighted by Gasteiger charge is 2.50. The van der Waals surface area contributed by atoms with Crippen LogP contribution in [0.2, 0.25) is 0 Å². The number of carbonyl (C=O) groups is 1. The van der Waals surface area contributed by atoms with Gasteiger partial charge in [0, 0.05) is 25.6 Å². The lowest BCUT2D eigenvalue weighted by Gasteiger charge is -2.18. The summed E-state index contributed by atoms with van der Waals surface area (Å²) in [6.45, 7) is -1.48. The Labute approximate surface area is 77.9 Å². The molecule has 0 aromatic heterocycles. The van der Waals surface area contributed by atoms with Gasteiger partial charge in [-0.15, -0.1) is 0 Å². The zero-order chi connectivity index (χ0) is 10.9. The van der Waals surface area contributed by atoms with Crippen molar-refractivity contribution >= 4 is 6.09 Å². The summed E-state index contributed by atoms with van der Waals surface area (Å²) in [4.78, 5) is 11.1. The number of aliphatic hydroxyl groups is 1. The van der Waals surface area contributed by atoms with Crippen molar-refractivity contribution in [2.75, 3.05) is 19.7 Å². The highest BCUT2D eigenvalue weighted by atomic mass is 19.4. The van der Waals surface area contributed by atoms with Crippen molar-refractivity contribution in [3.63, 3.8) is 0 Å². The molecule has 1 fully saturated rings. The van der Waals surface area contributed by atoms with E-state index >= 15 is 0 Å². The number of nitrogens with zero attached hydrogens (tertiary/aromatic N) is 1. The van der Waals surface area contributed by atoms with Crippen LogP contribution >= 0.6 is 0 Å². The van der Waals surface area contributed by atoms with Crippen LogP contribution in [-0.2, 0) is 0 Å². The number of carboxylic acid groups (broad SMARTS) is 1. The summed E-state index contributed by atoms with van der Waals surface area (Å²) in [5.74, 6) is -2.78. The molecule has 7 heteroatoms. The second-order valence-electron chi connectivity index (χ2n) is 3.28. The molecule has 82 valence electrons. The summed E-state index contributed by atoms with van der Waals surface area (Å²) in [5.41, 5.74) is 0. The van der Waals surface area contributed by atoms with Gasteiger partial charge in [-0.2, -0.15) is 13.2 Å². The number of halogens is 3. The normalized spacial score (nSPS) is 28.1. The summed E-state index contributed by atoms with van der Waals surface area (Å²) >= 11 is 0. The van der Waals surface area contributed by atoms with Crippen molar-refractivity contribution in [3.8, 4) is 0 Å². The zero-order valence-corrected chi connectivity index (χ0v) is 7.16. The van der Waals surface area contributed by atoms with E-state index in [-0.39, 0.29) is 6.54 Å². The Kier molecular flexibility index (Phi) is 2.89. The van der Waals surface area contributed by atoms with Crippen LogP contribution in [0.3, 0.4) is 0 Å². The fraction of sp³-hybridized carbons (Fsp3) is 0.857. The first kappa shape index (κ1) is 11.1. The van der Waals surface area contributed by atoms with Gasteiger partial charge in [0.25, 0.3) is 0 Å². The summed E-state index contributed by atoms with van der Waals surface area (Å²) in [5, 5.41) is 17.2. The van der Waals surface area contributed by atoms with E-state index in [2.05, 4.69) is 0 Å². The molecule has 0 unspecified atom stereocenters. The van der Waals surface area contributed by atoms with Gasteiger partial charge in [-0.3, -0.25) is 0 Å². The van der Waals surface area contributed by atoms with Crippen LogP contribution in [0.1, 0.15) is 0 Å². The molecule has 1 rings (SSSR count). The molecule has 0 radical (unpaired) electrons. The quantitative estimate of drug-likeness (QED) is 0.676. The number of aliphatic hydroxyl groups excluding tert-OH is 1. The number of rotatable bonds is 1. The van der Waals surface area contributed by atoms with E-state index < -0.39 is 37.3 Å². The molecule has 14 heavy (non-hydrogen) atoms. The monoisotopic (exact) mass is 213 g/mol. The first-order valence-electron chi connectivity index (χ1n) is 4.01. The molecule has 1 saturated heterocycles. The van der Waals surface area contributed by atoms with Gasteiger partial charge in [-0.25, -0.2) is 4.79 Å². The van der Waals surface area contributed by atoms with Crippen LogP contribution in [0.25, 0.3) is 0 Å². The number of hydrogen-bond acceptors (Lipinski definition) is 2. The van der Waals surface area contributed by atoms with Gasteiger partial charge in [-0.1, -0.05) is 0 Å². The van der Waals surface area contributed by atoms with Crippen molar-refractivity contribution in [2.45, 2.75) is 6.18 Å². The molecule has 2 atom stereocenters. The van der Waals surface area contributed by atoms with Crippen molar-refractivity contribution in [2.24, 2.45) is 11.8 Å². The van der Waals surface area contributed by atoms with Crippen LogP contribution in [0.4, 0.5) is 18.0 Å². The zero-order valence-electron chi connectivity index (χ0n) is 7.16. The molecular formula is C7H10F3NO3. The fourth-order valence-corrected chi connectivity index (χ4v) is 1.58. The standard InChI is InChI=1S/C7H10F3NO3/c8-7(9,10)5-2-11(6(13)14)1-4(5)3-12/h4-5,12H,1-3H2,(H,13,14)/t4-,5+/m1/s1. The van der Waals surface area contributed by atoms with E-state index in [9.17, 15) is 18.0 Å². The molecular weight excluding hydrogens is 203 g/mol. The van der Waals surface area contributed by atoms with E-state index in [1.54, 1.807) is 0 Å². The van der Waals surface area contributed by atoms with Crippen LogP contribution in [-0.4, -0.2) is 47.1 Å². The third-order valence-corrected chi connectivity index (χ3v) is 2.37. The summed E-state index contributed by atoms with van der Waals surface area (Å²) in [6.07, 6.45) is -5.83. The summed E-state index contributed by atoms with van der Waals surface area (Å²) < 4.78 is 36.9. The van der Waals surface area contributed by atoms with Crippen molar-refractivity contribution in [3.05, 3.63) is 0 Å². The van der Waals surface area contributed by atoms with Gasteiger partial charge in [0.1, 0.15) is 0 Å². The van der Waals surface area contributed by atoms with E-state index in [0.717, 1.165) is 0 Å². The maximum atomic E-state index is 12.3. The average molecular weight is 213 g/mol. The summed E-state index contributed by atoms with van der Waals surface area (Å²) in [6, 6.07) is 0. The topological polar surface area (TPSA) is 60.8 Å². The highest BCUT2D eigenvalue weighted by Crippen LogP contribution is 2.37. The fourth-order valence-electron chi connectivity index (χ4n) is 1.58. The number of alkyl halides is 3. The molecule has 1 aliphatic rings. The molecule has 1 amide bonds. The van der Waals surface area contributed by atoms with Gasteiger partial charge in [-0.05, 0) is 0 Å². The Hall–Kier alpha value is -0.980. The molecule has 0 aliphatic carbocycles. The Morgan fingerprint density at radius 1 is 1.43 bits per heavy atom. The third kappa shape index (κ3) is 2.09. The number of hydrogen-bond donors (Lipinski definition) is 2. The van der Waals surface area contributed by atoms with Gasteiger partial charge in [0.15, 0.2) is 0 Å². The minimum atomic E-state index is -4.45. The third-order valence-electron chi connectivity index (χ3n) is 2.37. The second kappa shape index (κ2) is 3.64. The van der Waals surface area contributed by atoms with Crippen LogP contribution in [0.5, 0.6) is 0 Å². The molecule has 2 N–H and O–H groups in total. The number of amides is 1. The lowest BCUT2D eigenvalue weighted by molar-refractivity contribution is -0.182. The minimum Gasteiger partial charge on any atom is -0.465 e. The maximum Gasteiger partial charge on any atom is 0.407 e. The Morgan fingerprint density at radius 2 is 2.00 bits per heavy atom. The largest absolute Gasteiger partial charge is 0.465 e. The van der Waals surface area contributed by atoms with Crippen LogP contribution in [0, 0.1) is 11.8 Å². The Balaban J connectivity index is 2.73. The Bertz CT molecular complexity index is 231. The molecule has 0 aromatic carbocycles. The van der Waals surface area contributed by atoms with Gasteiger partial charge >= 0.3 is 12.3 Å². The first-order valence-corrected chi connectivity index (χ1v) is 4.01. The maximum absolute atomic E-state index is 12.3. The lowest BCUT2D eigenvalue weighted by atomic mass is 9.97. The van der Waals surface area contributed by atoms with Crippen molar-refractivity contribution in [1.29, 1.82) is 0 Å². The minimum absolute atomic E-state index is 0.254. The second-order valence-corrected chi connectivity index (χ2v) is 3.28. The van der Waals surface area contributed by atoms with Gasteiger partial charge < -0.3 is 15.1 Å². The molecule has 0 spiro atoms. The predicted molar refractivity (Wildman–Crippen MR) is 39.7 cm³/mol. The van der Waals surface area contributed by atoms with E-state index in [1.807, 2.05) is 0 Å². The average Bonchev–Trinajstić information content (AvgIpc) is 2.46. The molecule has 1 heterocycles. The van der Waals surface area contributed by atoms with E-state index in [0.29, 0.717) is 4.90 Å². The molecule has 0 aromatic rings. The van der Waals surface area contributed by atoms with Crippen molar-refractivity contribution < 1.29 is 28.2 Å². The predicted octanol–water partition coefficient (Wildman–Crippen LogP) is 0.767. The molecule has 0 bridgehead atoms. The highest BCUT2D eigenvalue weighted by molar-refractivity contribution is 5.65. The lowest BCUT2D eigenvalue weighted by Crippen LogP contribution is -2.32. The SMILES string of the molecule is O=C(O)N1C[C@H](CO)[C@@H](C(F)(F)F)C1. The van der Waals surface area contributed by atoms with E-state index in [4.69, 9.17) is 10.2 Å². The van der Waals surface area contributed by atoms with E-state index in [1.165, 1.54) is 0 Å². The number of likely N-dealkylation sites (tertiary alicyclic amines) is 1. The van der Waals surface area contributed by atoms with Crippen LogP contribution < -0.4 is 0 Å². The Morgan fingerprint density at radius 3 is 2.29 bits per heavy atom. The van der Waals surface area contributed by atoms with Gasteiger partial charge in [0.05, 0.1) is 5.92 Å². The summed E-state index contributed by atoms with van der Waals surface area (Å²) in [7, 11) is 0. The molecule has 1 aliphatic heterocycles. The molecule has 0 saturated carbocycles. The van der Waals surface area contributed by atoms with Crippen LogP contribution in [0.15, 0.2) is 0 Å². The smallest absolute Gasteiger partial charge is 0.407 e. The van der Waals surface area contributed by atoms with Gasteiger partial charge in [0.2, 0.25) is 0 Å². The first-order chi connectivity index (χ1) is 6.36.